The lowest BCUT2D eigenvalue weighted by Gasteiger charge is -2.40. The summed E-state index contributed by atoms with van der Waals surface area (Å²) in [7, 11) is 0. The first-order valence-corrected chi connectivity index (χ1v) is 6.41. The Kier molecular flexibility index (Phi) is 4.36. The van der Waals surface area contributed by atoms with Gasteiger partial charge in [-0.05, 0) is 25.7 Å². The van der Waals surface area contributed by atoms with E-state index in [4.69, 9.17) is 15.2 Å². The second kappa shape index (κ2) is 5.80. The zero-order valence-electron chi connectivity index (χ0n) is 10.4. The standard InChI is InChI=1S/C12H22N2O3/c1-9-11(12(13)15)14(4-7-17-9)8-10-2-5-16-6-3-10/h9-11H,2-8H2,1H3,(H2,13,15)/t9-,11+/m1/s1. The Morgan fingerprint density at radius 1 is 1.35 bits per heavy atom. The predicted molar refractivity (Wildman–Crippen MR) is 63.5 cm³/mol. The molecule has 5 heteroatoms. The molecule has 0 aromatic carbocycles. The molecule has 2 heterocycles. The van der Waals surface area contributed by atoms with E-state index in [1.165, 1.54) is 0 Å². The van der Waals surface area contributed by atoms with Gasteiger partial charge in [0.1, 0.15) is 6.04 Å². The number of morpholine rings is 1. The molecule has 2 rings (SSSR count). The Balaban J connectivity index is 1.94. The van der Waals surface area contributed by atoms with Gasteiger partial charge in [-0.3, -0.25) is 9.69 Å². The third-order valence-corrected chi connectivity index (χ3v) is 3.72. The molecule has 0 bridgehead atoms. The summed E-state index contributed by atoms with van der Waals surface area (Å²) < 4.78 is 10.9. The summed E-state index contributed by atoms with van der Waals surface area (Å²) >= 11 is 0. The van der Waals surface area contributed by atoms with Crippen molar-refractivity contribution in [1.29, 1.82) is 0 Å². The Morgan fingerprint density at radius 3 is 2.71 bits per heavy atom. The molecule has 2 aliphatic rings. The molecule has 1 amide bonds. The van der Waals surface area contributed by atoms with Crippen molar-refractivity contribution < 1.29 is 14.3 Å². The molecule has 2 atom stereocenters. The van der Waals surface area contributed by atoms with E-state index in [1.807, 2.05) is 6.92 Å². The maximum atomic E-state index is 11.5. The van der Waals surface area contributed by atoms with E-state index in [2.05, 4.69) is 4.90 Å². The summed E-state index contributed by atoms with van der Waals surface area (Å²) in [5.41, 5.74) is 5.47. The molecule has 2 aliphatic heterocycles. The van der Waals surface area contributed by atoms with E-state index >= 15 is 0 Å². The minimum absolute atomic E-state index is 0.0962. The molecule has 0 aromatic rings. The number of hydrogen-bond acceptors (Lipinski definition) is 4. The van der Waals surface area contributed by atoms with Crippen molar-refractivity contribution >= 4 is 5.91 Å². The second-order valence-electron chi connectivity index (χ2n) is 4.97. The molecule has 0 spiro atoms. The molecule has 0 aliphatic carbocycles. The first-order valence-electron chi connectivity index (χ1n) is 6.41. The van der Waals surface area contributed by atoms with Crippen LogP contribution >= 0.6 is 0 Å². The normalized spacial score (nSPS) is 32.5. The lowest BCUT2D eigenvalue weighted by atomic mass is 9.97. The van der Waals surface area contributed by atoms with Crippen LogP contribution < -0.4 is 5.73 Å². The summed E-state index contributed by atoms with van der Waals surface area (Å²) in [5, 5.41) is 0. The van der Waals surface area contributed by atoms with Crippen molar-refractivity contribution in [2.24, 2.45) is 11.7 Å². The quantitative estimate of drug-likeness (QED) is 0.756. The number of hydrogen-bond donors (Lipinski definition) is 1. The van der Waals surface area contributed by atoms with Crippen LogP contribution in [-0.2, 0) is 14.3 Å². The van der Waals surface area contributed by atoms with Crippen LogP contribution in [0.5, 0.6) is 0 Å². The van der Waals surface area contributed by atoms with Crippen molar-refractivity contribution in [1.82, 2.24) is 4.90 Å². The third-order valence-electron chi connectivity index (χ3n) is 3.72. The number of amides is 1. The molecule has 0 saturated carbocycles. The van der Waals surface area contributed by atoms with Crippen molar-refractivity contribution in [2.75, 3.05) is 32.9 Å². The molecular formula is C12H22N2O3. The van der Waals surface area contributed by atoms with Gasteiger partial charge < -0.3 is 15.2 Å². The van der Waals surface area contributed by atoms with Crippen LogP contribution in [0.1, 0.15) is 19.8 Å². The molecule has 0 radical (unpaired) electrons. The topological polar surface area (TPSA) is 64.8 Å². The van der Waals surface area contributed by atoms with Crippen molar-refractivity contribution in [3.8, 4) is 0 Å². The van der Waals surface area contributed by atoms with E-state index in [0.717, 1.165) is 39.1 Å². The van der Waals surface area contributed by atoms with Gasteiger partial charge in [-0.2, -0.15) is 0 Å². The second-order valence-corrected chi connectivity index (χ2v) is 4.97. The number of carbonyl (C=O) groups excluding carboxylic acids is 1. The summed E-state index contributed by atoms with van der Waals surface area (Å²) in [6.07, 6.45) is 2.06. The molecular weight excluding hydrogens is 220 g/mol. The Labute approximate surface area is 102 Å². The van der Waals surface area contributed by atoms with Gasteiger partial charge >= 0.3 is 0 Å². The number of nitrogens with two attached hydrogens (primary N) is 1. The summed E-state index contributed by atoms with van der Waals surface area (Å²) in [4.78, 5) is 13.7. The van der Waals surface area contributed by atoms with Gasteiger partial charge in [0, 0.05) is 26.3 Å². The van der Waals surface area contributed by atoms with Crippen LogP contribution in [0.25, 0.3) is 0 Å². The maximum absolute atomic E-state index is 11.5. The largest absolute Gasteiger partial charge is 0.381 e. The minimum Gasteiger partial charge on any atom is -0.381 e. The van der Waals surface area contributed by atoms with E-state index in [-0.39, 0.29) is 18.1 Å². The lowest BCUT2D eigenvalue weighted by molar-refractivity contribution is -0.137. The number of ether oxygens (including phenoxy) is 2. The lowest BCUT2D eigenvalue weighted by Crippen LogP contribution is -2.57. The Morgan fingerprint density at radius 2 is 2.06 bits per heavy atom. The van der Waals surface area contributed by atoms with Gasteiger partial charge in [-0.25, -0.2) is 0 Å². The number of rotatable bonds is 3. The molecule has 2 saturated heterocycles. The molecule has 17 heavy (non-hydrogen) atoms. The zero-order chi connectivity index (χ0) is 12.3. The highest BCUT2D eigenvalue weighted by Crippen LogP contribution is 2.21. The highest BCUT2D eigenvalue weighted by Gasteiger charge is 2.34. The van der Waals surface area contributed by atoms with Crippen LogP contribution in [0.15, 0.2) is 0 Å². The molecule has 98 valence electrons. The van der Waals surface area contributed by atoms with E-state index in [0.29, 0.717) is 12.5 Å². The van der Waals surface area contributed by atoms with Crippen molar-refractivity contribution in [3.05, 3.63) is 0 Å². The van der Waals surface area contributed by atoms with Crippen molar-refractivity contribution in [3.63, 3.8) is 0 Å². The average molecular weight is 242 g/mol. The van der Waals surface area contributed by atoms with Crippen LogP contribution in [0, 0.1) is 5.92 Å². The SMILES string of the molecule is C[C@H]1OCCN(CC2CCOCC2)[C@@H]1C(N)=O. The summed E-state index contributed by atoms with van der Waals surface area (Å²) in [5.74, 6) is 0.347. The number of nitrogens with zero attached hydrogens (tertiary/aromatic N) is 1. The highest BCUT2D eigenvalue weighted by molar-refractivity contribution is 5.80. The number of primary amides is 1. The van der Waals surface area contributed by atoms with Gasteiger partial charge in [0.15, 0.2) is 0 Å². The van der Waals surface area contributed by atoms with E-state index < -0.39 is 0 Å². The van der Waals surface area contributed by atoms with Crippen LogP contribution in [0.2, 0.25) is 0 Å². The Hall–Kier alpha value is -0.650. The fraction of sp³-hybridized carbons (Fsp3) is 0.917. The van der Waals surface area contributed by atoms with Crippen molar-refractivity contribution in [2.45, 2.75) is 31.9 Å². The zero-order valence-corrected chi connectivity index (χ0v) is 10.4. The van der Waals surface area contributed by atoms with Gasteiger partial charge in [0.05, 0.1) is 12.7 Å². The van der Waals surface area contributed by atoms with Gasteiger partial charge in [-0.1, -0.05) is 0 Å². The van der Waals surface area contributed by atoms with Gasteiger partial charge in [0.2, 0.25) is 5.91 Å². The fourth-order valence-corrected chi connectivity index (χ4v) is 2.76. The predicted octanol–water partition coefficient (Wildman–Crippen LogP) is -0.0124. The average Bonchev–Trinajstić information content (AvgIpc) is 2.30. The number of carbonyl (C=O) groups is 1. The molecule has 5 nitrogen and oxygen atoms in total. The van der Waals surface area contributed by atoms with E-state index in [9.17, 15) is 4.79 Å². The highest BCUT2D eigenvalue weighted by atomic mass is 16.5. The third kappa shape index (κ3) is 3.18. The van der Waals surface area contributed by atoms with E-state index in [1.54, 1.807) is 0 Å². The van der Waals surface area contributed by atoms with Crippen LogP contribution in [-0.4, -0.2) is 55.9 Å². The molecule has 0 aromatic heterocycles. The van der Waals surface area contributed by atoms with Gasteiger partial charge in [-0.15, -0.1) is 0 Å². The minimum atomic E-state index is -0.274. The molecule has 0 unspecified atom stereocenters. The molecule has 2 N–H and O–H groups in total. The maximum Gasteiger partial charge on any atom is 0.237 e. The van der Waals surface area contributed by atoms with Crippen LogP contribution in [0.3, 0.4) is 0 Å². The first kappa shape index (κ1) is 12.8. The monoisotopic (exact) mass is 242 g/mol. The molecule has 2 fully saturated rings. The fourth-order valence-electron chi connectivity index (χ4n) is 2.76. The summed E-state index contributed by atoms with van der Waals surface area (Å²) in [6, 6.07) is -0.272. The van der Waals surface area contributed by atoms with Crippen LogP contribution in [0.4, 0.5) is 0 Å². The van der Waals surface area contributed by atoms with Gasteiger partial charge in [0.25, 0.3) is 0 Å². The smallest absolute Gasteiger partial charge is 0.237 e. The summed E-state index contributed by atoms with van der Waals surface area (Å²) in [6.45, 7) is 6.03. The first-order chi connectivity index (χ1) is 8.18. The Bertz CT molecular complexity index is 266.